The minimum atomic E-state index is -0.0612. The van der Waals surface area contributed by atoms with Crippen LogP contribution < -0.4 is 5.73 Å². The molecule has 82 valence electrons. The second kappa shape index (κ2) is 4.36. The Balaban J connectivity index is 2.30. The van der Waals surface area contributed by atoms with Crippen LogP contribution in [0, 0.1) is 5.92 Å². The summed E-state index contributed by atoms with van der Waals surface area (Å²) in [7, 11) is 0. The second-order valence-corrected chi connectivity index (χ2v) is 4.76. The minimum absolute atomic E-state index is 0.0612. The molecule has 0 heterocycles. The highest BCUT2D eigenvalue weighted by Crippen LogP contribution is 2.41. The van der Waals surface area contributed by atoms with Crippen LogP contribution in [0.3, 0.4) is 0 Å². The van der Waals surface area contributed by atoms with Gasteiger partial charge in [-0.3, -0.25) is 0 Å². The first-order valence-electron chi connectivity index (χ1n) is 6.12. The third kappa shape index (κ3) is 1.93. The predicted molar refractivity (Wildman–Crippen MR) is 64.6 cm³/mol. The zero-order valence-corrected chi connectivity index (χ0v) is 9.58. The number of hydrogen-bond donors (Lipinski definition) is 1. The van der Waals surface area contributed by atoms with E-state index in [-0.39, 0.29) is 5.54 Å². The number of rotatable bonds is 2. The molecule has 1 saturated carbocycles. The molecule has 0 amide bonds. The average Bonchev–Trinajstić information content (AvgIpc) is 2.31. The first-order chi connectivity index (χ1) is 7.27. The fourth-order valence-corrected chi connectivity index (χ4v) is 2.97. The summed E-state index contributed by atoms with van der Waals surface area (Å²) in [5.74, 6) is 0.661. The molecule has 1 aliphatic carbocycles. The number of nitrogens with two attached hydrogens (primary N) is 1. The van der Waals surface area contributed by atoms with Gasteiger partial charge < -0.3 is 5.73 Å². The van der Waals surface area contributed by atoms with Crippen LogP contribution in [0.5, 0.6) is 0 Å². The zero-order chi connectivity index (χ0) is 10.7. The van der Waals surface area contributed by atoms with Gasteiger partial charge in [0, 0.05) is 5.54 Å². The quantitative estimate of drug-likeness (QED) is 0.783. The summed E-state index contributed by atoms with van der Waals surface area (Å²) in [6.07, 6.45) is 6.27. The Bertz CT molecular complexity index is 306. The van der Waals surface area contributed by atoms with Gasteiger partial charge in [0.25, 0.3) is 0 Å². The molecule has 2 unspecified atom stereocenters. The van der Waals surface area contributed by atoms with E-state index in [1.165, 1.54) is 31.2 Å². The third-order valence-corrected chi connectivity index (χ3v) is 3.93. The lowest BCUT2D eigenvalue weighted by Crippen LogP contribution is -2.46. The Labute approximate surface area is 92.7 Å². The van der Waals surface area contributed by atoms with Gasteiger partial charge in [0.1, 0.15) is 0 Å². The second-order valence-electron chi connectivity index (χ2n) is 4.76. The van der Waals surface area contributed by atoms with E-state index in [1.54, 1.807) is 0 Å². The van der Waals surface area contributed by atoms with E-state index in [0.717, 1.165) is 6.42 Å². The normalized spacial score (nSPS) is 31.5. The fourth-order valence-electron chi connectivity index (χ4n) is 2.97. The van der Waals surface area contributed by atoms with Gasteiger partial charge in [0.2, 0.25) is 0 Å². The van der Waals surface area contributed by atoms with Crippen molar-refractivity contribution in [1.82, 2.24) is 0 Å². The Kier molecular flexibility index (Phi) is 3.11. The first-order valence-corrected chi connectivity index (χ1v) is 6.12. The summed E-state index contributed by atoms with van der Waals surface area (Å²) in [6.45, 7) is 2.26. The molecule has 1 aliphatic rings. The van der Waals surface area contributed by atoms with Crippen molar-refractivity contribution < 1.29 is 0 Å². The van der Waals surface area contributed by atoms with Crippen LogP contribution in [0.1, 0.15) is 44.6 Å². The van der Waals surface area contributed by atoms with E-state index in [0.29, 0.717) is 5.92 Å². The van der Waals surface area contributed by atoms with E-state index in [4.69, 9.17) is 5.73 Å². The van der Waals surface area contributed by atoms with Crippen molar-refractivity contribution in [2.45, 2.75) is 44.6 Å². The van der Waals surface area contributed by atoms with Crippen molar-refractivity contribution in [3.05, 3.63) is 35.9 Å². The van der Waals surface area contributed by atoms with E-state index in [1.807, 2.05) is 0 Å². The molecule has 0 radical (unpaired) electrons. The maximum atomic E-state index is 6.64. The topological polar surface area (TPSA) is 26.0 Å². The van der Waals surface area contributed by atoms with E-state index in [9.17, 15) is 0 Å². The monoisotopic (exact) mass is 203 g/mol. The Hall–Kier alpha value is -0.820. The molecule has 1 nitrogen and oxygen atoms in total. The van der Waals surface area contributed by atoms with Crippen molar-refractivity contribution in [3.63, 3.8) is 0 Å². The van der Waals surface area contributed by atoms with Crippen LogP contribution in [-0.4, -0.2) is 0 Å². The summed E-state index contributed by atoms with van der Waals surface area (Å²) < 4.78 is 0. The Morgan fingerprint density at radius 2 is 2.00 bits per heavy atom. The lowest BCUT2D eigenvalue weighted by atomic mass is 9.68. The predicted octanol–water partition coefficient (Wildman–Crippen LogP) is 3.44. The maximum absolute atomic E-state index is 6.64. The van der Waals surface area contributed by atoms with Gasteiger partial charge in [0.15, 0.2) is 0 Å². The fraction of sp³-hybridized carbons (Fsp3) is 0.571. The lowest BCUT2D eigenvalue weighted by molar-refractivity contribution is 0.184. The van der Waals surface area contributed by atoms with Gasteiger partial charge in [-0.1, -0.05) is 56.5 Å². The van der Waals surface area contributed by atoms with Crippen LogP contribution in [0.15, 0.2) is 30.3 Å². The molecule has 1 heteroatoms. The standard InChI is InChI=1S/C14H21N/c1-2-12-8-6-7-11-14(12,15)13-9-4-3-5-10-13/h3-5,9-10,12H,2,6-8,11,15H2,1H3. The molecule has 2 atom stereocenters. The SMILES string of the molecule is CCC1CCCCC1(N)c1ccccc1. The van der Waals surface area contributed by atoms with Crippen molar-refractivity contribution in [2.24, 2.45) is 11.7 Å². The van der Waals surface area contributed by atoms with Crippen LogP contribution in [-0.2, 0) is 5.54 Å². The van der Waals surface area contributed by atoms with E-state index >= 15 is 0 Å². The van der Waals surface area contributed by atoms with E-state index in [2.05, 4.69) is 37.3 Å². The van der Waals surface area contributed by atoms with Gasteiger partial charge in [-0.25, -0.2) is 0 Å². The van der Waals surface area contributed by atoms with Gasteiger partial charge in [-0.15, -0.1) is 0 Å². The molecular formula is C14H21N. The summed E-state index contributed by atoms with van der Waals surface area (Å²) >= 11 is 0. The van der Waals surface area contributed by atoms with Gasteiger partial charge in [-0.05, 0) is 24.3 Å². The largest absolute Gasteiger partial charge is 0.321 e. The Morgan fingerprint density at radius 1 is 1.27 bits per heavy atom. The minimum Gasteiger partial charge on any atom is -0.321 e. The van der Waals surface area contributed by atoms with E-state index < -0.39 is 0 Å². The lowest BCUT2D eigenvalue weighted by Gasteiger charge is -2.41. The molecular weight excluding hydrogens is 182 g/mol. The van der Waals surface area contributed by atoms with Crippen LogP contribution in [0.2, 0.25) is 0 Å². The van der Waals surface area contributed by atoms with Crippen molar-refractivity contribution >= 4 is 0 Å². The van der Waals surface area contributed by atoms with Gasteiger partial charge >= 0.3 is 0 Å². The molecule has 0 aromatic heterocycles. The van der Waals surface area contributed by atoms with Gasteiger partial charge in [0.05, 0.1) is 0 Å². The average molecular weight is 203 g/mol. The highest BCUT2D eigenvalue weighted by molar-refractivity contribution is 5.25. The van der Waals surface area contributed by atoms with Gasteiger partial charge in [-0.2, -0.15) is 0 Å². The molecule has 0 spiro atoms. The summed E-state index contributed by atoms with van der Waals surface area (Å²) in [6, 6.07) is 10.6. The molecule has 2 rings (SSSR count). The highest BCUT2D eigenvalue weighted by Gasteiger charge is 2.37. The van der Waals surface area contributed by atoms with Crippen molar-refractivity contribution in [2.75, 3.05) is 0 Å². The van der Waals surface area contributed by atoms with Crippen LogP contribution >= 0.6 is 0 Å². The first kappa shape index (κ1) is 10.7. The van der Waals surface area contributed by atoms with Crippen LogP contribution in [0.4, 0.5) is 0 Å². The third-order valence-electron chi connectivity index (χ3n) is 3.93. The highest BCUT2D eigenvalue weighted by atomic mass is 14.8. The molecule has 0 bridgehead atoms. The van der Waals surface area contributed by atoms with Crippen molar-refractivity contribution in [1.29, 1.82) is 0 Å². The molecule has 15 heavy (non-hydrogen) atoms. The zero-order valence-electron chi connectivity index (χ0n) is 9.58. The molecule has 1 aromatic rings. The Morgan fingerprint density at radius 3 is 2.67 bits per heavy atom. The smallest absolute Gasteiger partial charge is 0.0438 e. The van der Waals surface area contributed by atoms with Crippen molar-refractivity contribution in [3.8, 4) is 0 Å². The molecule has 0 saturated heterocycles. The summed E-state index contributed by atoms with van der Waals surface area (Å²) in [5, 5.41) is 0. The molecule has 2 N–H and O–H groups in total. The number of hydrogen-bond acceptors (Lipinski definition) is 1. The maximum Gasteiger partial charge on any atom is 0.0438 e. The molecule has 0 aliphatic heterocycles. The molecule has 1 aromatic carbocycles. The number of benzene rings is 1. The van der Waals surface area contributed by atoms with Crippen LogP contribution in [0.25, 0.3) is 0 Å². The molecule has 1 fully saturated rings. The summed E-state index contributed by atoms with van der Waals surface area (Å²) in [5.41, 5.74) is 7.90. The summed E-state index contributed by atoms with van der Waals surface area (Å²) in [4.78, 5) is 0.